The second kappa shape index (κ2) is 54.5. The number of nitrogens with zero attached hydrogens (tertiary/aromatic N) is 2. The van der Waals surface area contributed by atoms with Gasteiger partial charge in [-0.3, -0.25) is 28.8 Å². The van der Waals surface area contributed by atoms with E-state index in [1.807, 2.05) is 6.92 Å². The summed E-state index contributed by atoms with van der Waals surface area (Å²) in [6.07, 6.45) is 42.8. The van der Waals surface area contributed by atoms with E-state index in [-0.39, 0.29) is 54.1 Å². The number of ketones is 2. The zero-order valence-corrected chi connectivity index (χ0v) is 50.0. The van der Waals surface area contributed by atoms with Crippen molar-refractivity contribution in [2.75, 3.05) is 59.0 Å². The van der Waals surface area contributed by atoms with Crippen molar-refractivity contribution >= 4 is 35.3 Å². The lowest BCUT2D eigenvalue weighted by Gasteiger charge is -2.23. The molecule has 440 valence electrons. The molecular weight excluding hydrogens is 941 g/mol. The highest BCUT2D eigenvalue weighted by molar-refractivity contribution is 5.88. The smallest absolute Gasteiger partial charge is 0.307 e. The number of Topliss-reactive ketones (excluding diaryl/α,β-unsaturated/α-hetero) is 2. The number of carbonyl (C=O) groups is 6. The van der Waals surface area contributed by atoms with E-state index in [2.05, 4.69) is 41.2 Å². The third-order valence-electron chi connectivity index (χ3n) is 14.9. The number of nitrogens with one attached hydrogen (secondary N) is 2. The largest absolute Gasteiger partial charge is 0.466 e. The molecule has 2 atom stereocenters. The fourth-order valence-electron chi connectivity index (χ4n) is 9.66. The molecule has 0 spiro atoms. The summed E-state index contributed by atoms with van der Waals surface area (Å²) in [6.45, 7) is 17.0. The second-order valence-corrected chi connectivity index (χ2v) is 22.3. The van der Waals surface area contributed by atoms with Crippen LogP contribution in [0.4, 0.5) is 0 Å². The molecule has 12 nitrogen and oxygen atoms in total. The summed E-state index contributed by atoms with van der Waals surface area (Å²) in [6, 6.07) is -0.563. The maximum Gasteiger partial charge on any atom is 0.307 e. The van der Waals surface area contributed by atoms with Crippen LogP contribution in [0.1, 0.15) is 298 Å². The molecule has 12 heteroatoms. The zero-order chi connectivity index (χ0) is 55.3. The molecule has 0 bridgehead atoms. The summed E-state index contributed by atoms with van der Waals surface area (Å²) in [5, 5.41) is 6.10. The van der Waals surface area contributed by atoms with Crippen molar-refractivity contribution in [3.63, 3.8) is 0 Å². The lowest BCUT2D eigenvalue weighted by molar-refractivity contribution is -0.144. The van der Waals surface area contributed by atoms with Gasteiger partial charge in [0.15, 0.2) is 5.78 Å². The quantitative estimate of drug-likeness (QED) is 0.0445. The molecular formula is C63H120N4O8. The van der Waals surface area contributed by atoms with Gasteiger partial charge in [-0.2, -0.15) is 0 Å². The summed E-state index contributed by atoms with van der Waals surface area (Å²) >= 11 is 0. The Labute approximate surface area is 461 Å². The van der Waals surface area contributed by atoms with Gasteiger partial charge < -0.3 is 29.9 Å². The average Bonchev–Trinajstić information content (AvgIpc) is 3.39. The molecule has 2 unspecified atom stereocenters. The Kier molecular flexibility index (Phi) is 52.4. The molecule has 2 N–H and O–H groups in total. The molecule has 0 aromatic carbocycles. The van der Waals surface area contributed by atoms with E-state index in [0.29, 0.717) is 84.7 Å². The lowest BCUT2D eigenvalue weighted by Crippen LogP contribution is -2.42. The van der Waals surface area contributed by atoms with Crippen LogP contribution in [0, 0.1) is 5.92 Å². The average molecular weight is 1060 g/mol. The predicted molar refractivity (Wildman–Crippen MR) is 312 cm³/mol. The Morgan fingerprint density at radius 1 is 0.400 bits per heavy atom. The SMILES string of the molecule is CCCCCCCCCCCCNC(=O)CCN(CCCCC(NC(=O)C(C)CCCCN(CCC(=O)OCCCCCCCCCCCC)CCC(=O)OCCCCCCCCCCCC)C(C)=O)CCC(C)=O. The van der Waals surface area contributed by atoms with Crippen LogP contribution in [0.15, 0.2) is 0 Å². The number of rotatable bonds is 58. The van der Waals surface area contributed by atoms with Gasteiger partial charge in [-0.15, -0.1) is 0 Å². The van der Waals surface area contributed by atoms with Crippen molar-refractivity contribution in [1.82, 2.24) is 20.4 Å². The van der Waals surface area contributed by atoms with Gasteiger partial charge in [-0.1, -0.05) is 207 Å². The minimum atomic E-state index is -0.563. The number of carbonyl (C=O) groups excluding carboxylic acids is 6. The highest BCUT2D eigenvalue weighted by Gasteiger charge is 2.21. The number of esters is 2. The third kappa shape index (κ3) is 50.4. The maximum absolute atomic E-state index is 13.4. The summed E-state index contributed by atoms with van der Waals surface area (Å²) in [5.74, 6) is -0.719. The highest BCUT2D eigenvalue weighted by atomic mass is 16.5. The van der Waals surface area contributed by atoms with Gasteiger partial charge in [0, 0.05) is 51.5 Å². The molecule has 2 amide bonds. The summed E-state index contributed by atoms with van der Waals surface area (Å²) in [7, 11) is 0. The Hall–Kier alpha value is -2.86. The van der Waals surface area contributed by atoms with Crippen molar-refractivity contribution in [3.8, 4) is 0 Å². The molecule has 0 saturated heterocycles. The summed E-state index contributed by atoms with van der Waals surface area (Å²) in [5.41, 5.74) is 0. The van der Waals surface area contributed by atoms with E-state index in [4.69, 9.17) is 9.47 Å². The van der Waals surface area contributed by atoms with Crippen LogP contribution >= 0.6 is 0 Å². The van der Waals surface area contributed by atoms with Crippen LogP contribution in [-0.2, 0) is 38.2 Å². The molecule has 0 heterocycles. The number of hydrogen-bond donors (Lipinski definition) is 2. The maximum atomic E-state index is 13.4. The van der Waals surface area contributed by atoms with Gasteiger partial charge in [0.2, 0.25) is 11.8 Å². The molecule has 0 fully saturated rings. The molecule has 0 saturated carbocycles. The van der Waals surface area contributed by atoms with Crippen LogP contribution in [-0.4, -0.2) is 110 Å². The van der Waals surface area contributed by atoms with Crippen LogP contribution in [0.2, 0.25) is 0 Å². The first-order valence-corrected chi connectivity index (χ1v) is 31.8. The number of hydrogen-bond acceptors (Lipinski definition) is 10. The number of ether oxygens (including phenoxy) is 2. The molecule has 0 aromatic heterocycles. The second-order valence-electron chi connectivity index (χ2n) is 22.3. The van der Waals surface area contributed by atoms with Gasteiger partial charge in [0.1, 0.15) is 5.78 Å². The third-order valence-corrected chi connectivity index (χ3v) is 14.9. The minimum Gasteiger partial charge on any atom is -0.466 e. The van der Waals surface area contributed by atoms with Gasteiger partial charge in [-0.05, 0) is 78.3 Å². The van der Waals surface area contributed by atoms with E-state index < -0.39 is 6.04 Å². The number of unbranched alkanes of at least 4 members (excludes halogenated alkanes) is 29. The molecule has 75 heavy (non-hydrogen) atoms. The Bertz CT molecular complexity index is 1340. The van der Waals surface area contributed by atoms with Gasteiger partial charge in [0.25, 0.3) is 0 Å². The topological polar surface area (TPSA) is 151 Å². The van der Waals surface area contributed by atoms with Crippen LogP contribution in [0.3, 0.4) is 0 Å². The molecule has 0 aliphatic rings. The monoisotopic (exact) mass is 1060 g/mol. The summed E-state index contributed by atoms with van der Waals surface area (Å²) < 4.78 is 11.2. The molecule has 0 rings (SSSR count). The minimum absolute atomic E-state index is 0.0446. The van der Waals surface area contributed by atoms with E-state index >= 15 is 0 Å². The Balaban J connectivity index is 4.86. The van der Waals surface area contributed by atoms with Crippen LogP contribution in [0.25, 0.3) is 0 Å². The predicted octanol–water partition coefficient (Wildman–Crippen LogP) is 14.8. The summed E-state index contributed by atoms with van der Waals surface area (Å²) in [4.78, 5) is 80.4. The molecule has 0 radical (unpaired) electrons. The fraction of sp³-hybridized carbons (Fsp3) is 0.905. The first kappa shape index (κ1) is 72.1. The van der Waals surface area contributed by atoms with Crippen molar-refractivity contribution in [3.05, 3.63) is 0 Å². The Morgan fingerprint density at radius 3 is 1.16 bits per heavy atom. The van der Waals surface area contributed by atoms with E-state index in [1.54, 1.807) is 6.92 Å². The van der Waals surface area contributed by atoms with E-state index in [0.717, 1.165) is 64.2 Å². The van der Waals surface area contributed by atoms with Crippen molar-refractivity contribution in [2.45, 2.75) is 304 Å². The molecule has 0 aliphatic carbocycles. The van der Waals surface area contributed by atoms with E-state index in [1.165, 1.54) is 161 Å². The van der Waals surface area contributed by atoms with Crippen molar-refractivity contribution in [2.24, 2.45) is 5.92 Å². The Morgan fingerprint density at radius 2 is 0.760 bits per heavy atom. The van der Waals surface area contributed by atoms with Gasteiger partial charge in [-0.25, -0.2) is 0 Å². The van der Waals surface area contributed by atoms with Gasteiger partial charge >= 0.3 is 11.9 Å². The fourth-order valence-corrected chi connectivity index (χ4v) is 9.66. The lowest BCUT2D eigenvalue weighted by atomic mass is 10.0. The number of amides is 2. The normalized spacial score (nSPS) is 12.3. The van der Waals surface area contributed by atoms with Gasteiger partial charge in [0.05, 0.1) is 32.1 Å². The zero-order valence-electron chi connectivity index (χ0n) is 50.0. The van der Waals surface area contributed by atoms with Crippen LogP contribution < -0.4 is 10.6 Å². The highest BCUT2D eigenvalue weighted by Crippen LogP contribution is 2.16. The molecule has 0 aliphatic heterocycles. The first-order chi connectivity index (χ1) is 36.4. The van der Waals surface area contributed by atoms with Crippen LogP contribution in [0.5, 0.6) is 0 Å². The van der Waals surface area contributed by atoms with Crippen molar-refractivity contribution < 1.29 is 38.2 Å². The van der Waals surface area contributed by atoms with Crippen molar-refractivity contribution in [1.29, 1.82) is 0 Å². The molecule has 0 aromatic rings. The van der Waals surface area contributed by atoms with E-state index in [9.17, 15) is 28.8 Å². The standard InChI is InChI=1S/C63H120N4O8/c1-7-10-13-16-19-22-25-28-31-36-47-64-60(70)44-51-66(50-43-57(5)68)49-38-35-42-59(58(6)69)65-63(73)56(4)41-34-37-48-67(52-45-61(71)74-54-39-32-29-26-23-20-17-14-11-8-2)53-46-62(72)75-55-40-33-30-27-24-21-18-15-12-9-3/h56,59H,7-55H2,1-6H3,(H,64,70)(H,65,73). The first-order valence-electron chi connectivity index (χ1n) is 31.8.